The van der Waals surface area contributed by atoms with Crippen LogP contribution in [0.4, 0.5) is 0 Å². The molecule has 0 aromatic heterocycles. The van der Waals surface area contributed by atoms with E-state index in [1.165, 1.54) is 0 Å². The zero-order chi connectivity index (χ0) is 13.1. The van der Waals surface area contributed by atoms with E-state index >= 15 is 0 Å². The minimum absolute atomic E-state index is 0.163. The van der Waals surface area contributed by atoms with E-state index in [9.17, 15) is 5.11 Å². The third-order valence-electron chi connectivity index (χ3n) is 4.37. The Morgan fingerprint density at radius 2 is 2.06 bits per heavy atom. The van der Waals surface area contributed by atoms with E-state index in [4.69, 9.17) is 4.74 Å². The summed E-state index contributed by atoms with van der Waals surface area (Å²) in [5, 5.41) is 9.92. The largest absolute Gasteiger partial charge is 0.392 e. The highest BCUT2D eigenvalue weighted by Gasteiger charge is 2.28. The lowest BCUT2D eigenvalue weighted by Crippen LogP contribution is -2.52. The highest BCUT2D eigenvalue weighted by molar-refractivity contribution is 4.82. The molecule has 2 heterocycles. The second kappa shape index (κ2) is 6.33. The number of nitrogens with zero attached hydrogens (tertiary/aromatic N) is 2. The molecule has 1 N–H and O–H groups in total. The van der Waals surface area contributed by atoms with E-state index in [1.807, 2.05) is 0 Å². The van der Waals surface area contributed by atoms with Crippen LogP contribution in [0.2, 0.25) is 0 Å². The zero-order valence-corrected chi connectivity index (χ0v) is 12.0. The monoisotopic (exact) mass is 256 g/mol. The molecule has 0 amide bonds. The summed E-state index contributed by atoms with van der Waals surface area (Å²) >= 11 is 0. The molecule has 2 aliphatic rings. The maximum Gasteiger partial charge on any atom is 0.0829 e. The molecule has 18 heavy (non-hydrogen) atoms. The summed E-state index contributed by atoms with van der Waals surface area (Å²) in [5.41, 5.74) is 0. The molecule has 4 nitrogen and oxygen atoms in total. The van der Waals surface area contributed by atoms with Gasteiger partial charge in [0.25, 0.3) is 0 Å². The van der Waals surface area contributed by atoms with Gasteiger partial charge in [-0.3, -0.25) is 9.80 Å². The van der Waals surface area contributed by atoms with Gasteiger partial charge in [0.1, 0.15) is 0 Å². The number of hydrogen-bond donors (Lipinski definition) is 1. The lowest BCUT2D eigenvalue weighted by molar-refractivity contribution is -0.0645. The standard InChI is InChI=1S/C14H28N2O2/c1-11(2)16-6-7-18-13(9-16)8-15-5-4-12(3)14(17)10-15/h11-14,17H,4-10H2,1-3H3. The summed E-state index contributed by atoms with van der Waals surface area (Å²) in [7, 11) is 0. The van der Waals surface area contributed by atoms with Gasteiger partial charge in [-0.15, -0.1) is 0 Å². The second-order valence-corrected chi connectivity index (χ2v) is 6.17. The lowest BCUT2D eigenvalue weighted by Gasteiger charge is -2.40. The molecule has 3 unspecified atom stereocenters. The molecule has 0 aromatic carbocycles. The molecule has 0 aliphatic carbocycles. The molecule has 2 saturated heterocycles. The predicted octanol–water partition coefficient (Wildman–Crippen LogP) is 0.798. The van der Waals surface area contributed by atoms with Crippen LogP contribution in [0.3, 0.4) is 0 Å². The van der Waals surface area contributed by atoms with Crippen molar-refractivity contribution in [2.45, 2.75) is 45.4 Å². The first kappa shape index (κ1) is 14.3. The Morgan fingerprint density at radius 1 is 1.28 bits per heavy atom. The summed E-state index contributed by atoms with van der Waals surface area (Å²) in [6, 6.07) is 0.600. The molecular weight excluding hydrogens is 228 g/mol. The van der Waals surface area contributed by atoms with Gasteiger partial charge in [-0.05, 0) is 32.7 Å². The molecule has 2 aliphatic heterocycles. The Kier molecular flexibility index (Phi) is 5.01. The summed E-state index contributed by atoms with van der Waals surface area (Å²) in [6.45, 7) is 12.4. The van der Waals surface area contributed by atoms with Crippen LogP contribution in [0.5, 0.6) is 0 Å². The number of morpholine rings is 1. The van der Waals surface area contributed by atoms with Crippen molar-refractivity contribution < 1.29 is 9.84 Å². The van der Waals surface area contributed by atoms with Gasteiger partial charge < -0.3 is 9.84 Å². The molecule has 106 valence electrons. The number of likely N-dealkylation sites (tertiary alicyclic amines) is 1. The van der Waals surface area contributed by atoms with Crippen LogP contribution in [0.1, 0.15) is 27.2 Å². The van der Waals surface area contributed by atoms with Gasteiger partial charge in [0.2, 0.25) is 0 Å². The predicted molar refractivity (Wildman–Crippen MR) is 72.7 cm³/mol. The van der Waals surface area contributed by atoms with Gasteiger partial charge in [-0.25, -0.2) is 0 Å². The van der Waals surface area contributed by atoms with Gasteiger partial charge >= 0.3 is 0 Å². The topological polar surface area (TPSA) is 35.9 Å². The number of ether oxygens (including phenoxy) is 1. The molecule has 0 spiro atoms. The average Bonchev–Trinajstić information content (AvgIpc) is 2.34. The Hall–Kier alpha value is -0.160. The molecule has 0 aromatic rings. The van der Waals surface area contributed by atoms with E-state index in [-0.39, 0.29) is 6.10 Å². The van der Waals surface area contributed by atoms with Gasteiger partial charge in [-0.1, -0.05) is 6.92 Å². The highest BCUT2D eigenvalue weighted by atomic mass is 16.5. The van der Waals surface area contributed by atoms with Crippen molar-refractivity contribution in [1.29, 1.82) is 0 Å². The van der Waals surface area contributed by atoms with Crippen LogP contribution in [-0.2, 0) is 4.74 Å². The van der Waals surface area contributed by atoms with Crippen molar-refractivity contribution in [3.05, 3.63) is 0 Å². The smallest absolute Gasteiger partial charge is 0.0829 e. The van der Waals surface area contributed by atoms with Gasteiger partial charge in [0.15, 0.2) is 0 Å². The number of aliphatic hydroxyl groups excluding tert-OH is 1. The minimum atomic E-state index is -0.163. The molecular formula is C14H28N2O2. The third-order valence-corrected chi connectivity index (χ3v) is 4.37. The summed E-state index contributed by atoms with van der Waals surface area (Å²) in [4.78, 5) is 4.84. The first-order valence-corrected chi connectivity index (χ1v) is 7.32. The average molecular weight is 256 g/mol. The lowest BCUT2D eigenvalue weighted by atomic mass is 9.96. The van der Waals surface area contributed by atoms with Crippen LogP contribution in [0.15, 0.2) is 0 Å². The molecule has 0 radical (unpaired) electrons. The number of hydrogen-bond acceptors (Lipinski definition) is 4. The minimum Gasteiger partial charge on any atom is -0.392 e. The highest BCUT2D eigenvalue weighted by Crippen LogP contribution is 2.18. The van der Waals surface area contributed by atoms with Crippen molar-refractivity contribution >= 4 is 0 Å². The van der Waals surface area contributed by atoms with E-state index in [2.05, 4.69) is 30.6 Å². The van der Waals surface area contributed by atoms with E-state index in [0.29, 0.717) is 18.1 Å². The van der Waals surface area contributed by atoms with Crippen molar-refractivity contribution in [1.82, 2.24) is 9.80 Å². The van der Waals surface area contributed by atoms with Crippen molar-refractivity contribution in [3.63, 3.8) is 0 Å². The van der Waals surface area contributed by atoms with E-state index in [0.717, 1.165) is 45.8 Å². The summed E-state index contributed by atoms with van der Waals surface area (Å²) in [5.74, 6) is 0.445. The van der Waals surface area contributed by atoms with Crippen molar-refractivity contribution in [2.75, 3.05) is 39.3 Å². The van der Waals surface area contributed by atoms with E-state index < -0.39 is 0 Å². The Bertz CT molecular complexity index is 260. The number of aliphatic hydroxyl groups is 1. The normalized spacial score (nSPS) is 36.2. The quantitative estimate of drug-likeness (QED) is 0.810. The Morgan fingerprint density at radius 3 is 2.72 bits per heavy atom. The van der Waals surface area contributed by atoms with Crippen LogP contribution in [-0.4, -0.2) is 72.5 Å². The number of piperidine rings is 1. The molecule has 0 bridgehead atoms. The molecule has 3 atom stereocenters. The van der Waals surface area contributed by atoms with Gasteiger partial charge in [0.05, 0.1) is 18.8 Å². The fraction of sp³-hybridized carbons (Fsp3) is 1.00. The maximum atomic E-state index is 9.92. The molecule has 2 rings (SSSR count). The van der Waals surface area contributed by atoms with Crippen LogP contribution in [0.25, 0.3) is 0 Å². The second-order valence-electron chi connectivity index (χ2n) is 6.17. The molecule has 2 fully saturated rings. The van der Waals surface area contributed by atoms with Crippen LogP contribution >= 0.6 is 0 Å². The maximum absolute atomic E-state index is 9.92. The zero-order valence-electron chi connectivity index (χ0n) is 12.0. The first-order valence-electron chi connectivity index (χ1n) is 7.32. The van der Waals surface area contributed by atoms with Crippen LogP contribution < -0.4 is 0 Å². The van der Waals surface area contributed by atoms with Gasteiger partial charge in [0, 0.05) is 32.2 Å². The van der Waals surface area contributed by atoms with Crippen molar-refractivity contribution in [2.24, 2.45) is 5.92 Å². The third kappa shape index (κ3) is 3.67. The number of β-amino-alcohol motifs (C(OH)–C–C–N with tert-alkyl or cyclic N) is 1. The first-order chi connectivity index (χ1) is 8.56. The Balaban J connectivity index is 1.79. The molecule has 4 heteroatoms. The SMILES string of the molecule is CC1CCN(CC2CN(C(C)C)CCO2)CC1O. The Labute approximate surface area is 111 Å². The molecule has 0 saturated carbocycles. The van der Waals surface area contributed by atoms with E-state index in [1.54, 1.807) is 0 Å². The van der Waals surface area contributed by atoms with Crippen LogP contribution in [0, 0.1) is 5.92 Å². The van der Waals surface area contributed by atoms with Gasteiger partial charge in [-0.2, -0.15) is 0 Å². The fourth-order valence-corrected chi connectivity index (χ4v) is 2.89. The summed E-state index contributed by atoms with van der Waals surface area (Å²) in [6.07, 6.45) is 1.24. The van der Waals surface area contributed by atoms with Crippen molar-refractivity contribution in [3.8, 4) is 0 Å². The summed E-state index contributed by atoms with van der Waals surface area (Å²) < 4.78 is 5.86. The fourth-order valence-electron chi connectivity index (χ4n) is 2.89. The number of rotatable bonds is 3.